The molecule has 0 atom stereocenters. The third-order valence-electron chi connectivity index (χ3n) is 3.04. The van der Waals surface area contributed by atoms with Crippen molar-refractivity contribution in [1.82, 2.24) is 9.97 Å². The van der Waals surface area contributed by atoms with Gasteiger partial charge < -0.3 is 5.11 Å². The Bertz CT molecular complexity index is 689. The Morgan fingerprint density at radius 3 is 2.55 bits per heavy atom. The highest BCUT2D eigenvalue weighted by atomic mass is 16.4. The van der Waals surface area contributed by atoms with E-state index in [1.165, 1.54) is 12.3 Å². The van der Waals surface area contributed by atoms with E-state index in [4.69, 9.17) is 5.11 Å². The number of carboxylic acids is 1. The van der Waals surface area contributed by atoms with Gasteiger partial charge in [0.2, 0.25) is 0 Å². The highest BCUT2D eigenvalue weighted by Crippen LogP contribution is 2.05. The van der Waals surface area contributed by atoms with Crippen LogP contribution in [0.2, 0.25) is 0 Å². The molecule has 2 rings (SSSR count). The average Bonchev–Trinajstić information content (AvgIpc) is 2.50. The van der Waals surface area contributed by atoms with E-state index < -0.39 is 5.97 Å². The molecule has 5 nitrogen and oxygen atoms in total. The summed E-state index contributed by atoms with van der Waals surface area (Å²) in [4.78, 5) is 30.7. The van der Waals surface area contributed by atoms with E-state index in [0.717, 1.165) is 11.3 Å². The monoisotopic (exact) mass is 296 g/mol. The number of aryl methyl sites for hydroxylation is 1. The third kappa shape index (κ3) is 4.63. The molecular formula is C17H16N2O3. The number of aromatic nitrogens is 2. The van der Waals surface area contributed by atoms with Crippen LogP contribution in [-0.2, 0) is 11.2 Å². The molecule has 0 aromatic carbocycles. The number of carboxylic acid groups (broad SMARTS) is 1. The van der Waals surface area contributed by atoms with Crippen LogP contribution in [0.5, 0.6) is 0 Å². The lowest BCUT2D eigenvalue weighted by Gasteiger charge is -1.99. The van der Waals surface area contributed by atoms with Crippen molar-refractivity contribution in [3.63, 3.8) is 0 Å². The first-order chi connectivity index (χ1) is 10.5. The number of hydrogen-bond donors (Lipinski definition) is 1. The predicted molar refractivity (Wildman–Crippen MR) is 82.5 cm³/mol. The van der Waals surface area contributed by atoms with Crippen LogP contribution in [0, 0.1) is 6.92 Å². The van der Waals surface area contributed by atoms with E-state index in [-0.39, 0.29) is 17.8 Å². The normalized spacial score (nSPS) is 10.8. The molecule has 0 amide bonds. The van der Waals surface area contributed by atoms with Crippen molar-refractivity contribution >= 4 is 17.8 Å². The van der Waals surface area contributed by atoms with Gasteiger partial charge in [0.05, 0.1) is 5.56 Å². The zero-order valence-corrected chi connectivity index (χ0v) is 12.2. The van der Waals surface area contributed by atoms with Gasteiger partial charge in [0.25, 0.3) is 0 Å². The highest BCUT2D eigenvalue weighted by Gasteiger charge is 2.06. The number of allylic oxidation sites excluding steroid dienone is 1. The summed E-state index contributed by atoms with van der Waals surface area (Å²) in [6.07, 6.45) is 7.15. The Balaban J connectivity index is 1.87. The third-order valence-corrected chi connectivity index (χ3v) is 3.04. The molecule has 112 valence electrons. The molecule has 2 heterocycles. The van der Waals surface area contributed by atoms with Crippen LogP contribution in [0.1, 0.15) is 33.7 Å². The molecule has 1 N–H and O–H groups in total. The maximum Gasteiger partial charge on any atom is 0.337 e. The van der Waals surface area contributed by atoms with Gasteiger partial charge in [0, 0.05) is 36.6 Å². The summed E-state index contributed by atoms with van der Waals surface area (Å²) in [5.74, 6) is -1.01. The van der Waals surface area contributed by atoms with Crippen molar-refractivity contribution < 1.29 is 14.7 Å². The zero-order valence-electron chi connectivity index (χ0n) is 12.2. The van der Waals surface area contributed by atoms with Crippen molar-refractivity contribution in [2.24, 2.45) is 0 Å². The molecule has 0 radical (unpaired) electrons. The molecule has 0 fully saturated rings. The second-order valence-electron chi connectivity index (χ2n) is 4.90. The van der Waals surface area contributed by atoms with Crippen molar-refractivity contribution in [3.05, 3.63) is 65.2 Å². The maximum absolute atomic E-state index is 11.9. The van der Waals surface area contributed by atoms with Gasteiger partial charge in [-0.3, -0.25) is 14.8 Å². The number of ketones is 1. The van der Waals surface area contributed by atoms with E-state index in [0.29, 0.717) is 12.1 Å². The molecule has 0 aliphatic heterocycles. The zero-order chi connectivity index (χ0) is 15.9. The Morgan fingerprint density at radius 1 is 1.14 bits per heavy atom. The van der Waals surface area contributed by atoms with E-state index in [1.807, 2.05) is 25.1 Å². The fraction of sp³-hybridized carbons (Fsp3) is 0.176. The molecule has 0 saturated heterocycles. The van der Waals surface area contributed by atoms with Crippen LogP contribution in [0.25, 0.3) is 6.08 Å². The Hall–Kier alpha value is -2.82. The molecule has 2 aromatic heterocycles. The second-order valence-corrected chi connectivity index (χ2v) is 4.90. The van der Waals surface area contributed by atoms with Gasteiger partial charge in [-0.05, 0) is 30.7 Å². The molecule has 0 spiro atoms. The number of aromatic carboxylic acids is 1. The summed E-state index contributed by atoms with van der Waals surface area (Å²) in [6.45, 7) is 1.92. The van der Waals surface area contributed by atoms with Crippen molar-refractivity contribution in [2.45, 2.75) is 19.8 Å². The Labute approximate surface area is 128 Å². The van der Waals surface area contributed by atoms with Crippen LogP contribution >= 0.6 is 0 Å². The average molecular weight is 296 g/mol. The van der Waals surface area contributed by atoms with Gasteiger partial charge in [-0.1, -0.05) is 18.2 Å². The smallest absolute Gasteiger partial charge is 0.337 e. The SMILES string of the molecule is Cc1ccc(/C=C/CC(=O)Cc2ccc(C(=O)O)cn2)cn1. The van der Waals surface area contributed by atoms with E-state index in [1.54, 1.807) is 18.3 Å². The van der Waals surface area contributed by atoms with Crippen LogP contribution in [0.15, 0.2) is 42.7 Å². The van der Waals surface area contributed by atoms with Crippen LogP contribution in [0.4, 0.5) is 0 Å². The minimum atomic E-state index is -1.03. The maximum atomic E-state index is 11.9. The van der Waals surface area contributed by atoms with Crippen LogP contribution in [-0.4, -0.2) is 26.8 Å². The predicted octanol–water partition coefficient (Wildman–Crippen LogP) is 2.70. The molecule has 5 heteroatoms. The number of nitrogens with zero attached hydrogens (tertiary/aromatic N) is 2. The molecule has 0 aliphatic rings. The summed E-state index contributed by atoms with van der Waals surface area (Å²) in [5.41, 5.74) is 2.58. The number of carbonyl (C=O) groups is 2. The number of Topliss-reactive ketones (excluding diaryl/α,β-unsaturated/α-hetero) is 1. The van der Waals surface area contributed by atoms with Gasteiger partial charge in [-0.2, -0.15) is 0 Å². The first-order valence-electron chi connectivity index (χ1n) is 6.84. The summed E-state index contributed by atoms with van der Waals surface area (Å²) in [7, 11) is 0. The van der Waals surface area contributed by atoms with Crippen molar-refractivity contribution in [2.75, 3.05) is 0 Å². The fourth-order valence-corrected chi connectivity index (χ4v) is 1.83. The standard InChI is InChI=1S/C17H16N2O3/c1-12-5-6-13(10-18-12)3-2-4-16(20)9-15-8-7-14(11-19-15)17(21)22/h2-3,5-8,10-11H,4,9H2,1H3,(H,21,22)/b3-2+. The molecular weight excluding hydrogens is 280 g/mol. The quantitative estimate of drug-likeness (QED) is 0.886. The molecule has 0 bridgehead atoms. The van der Waals surface area contributed by atoms with Crippen molar-refractivity contribution in [3.8, 4) is 0 Å². The topological polar surface area (TPSA) is 80.2 Å². The largest absolute Gasteiger partial charge is 0.478 e. The number of pyridine rings is 2. The Kier molecular flexibility index (Phi) is 5.14. The second kappa shape index (κ2) is 7.26. The van der Waals surface area contributed by atoms with E-state index in [2.05, 4.69) is 9.97 Å². The lowest BCUT2D eigenvalue weighted by atomic mass is 10.1. The van der Waals surface area contributed by atoms with Gasteiger partial charge in [-0.15, -0.1) is 0 Å². The number of rotatable bonds is 6. The van der Waals surface area contributed by atoms with Gasteiger partial charge >= 0.3 is 5.97 Å². The lowest BCUT2D eigenvalue weighted by molar-refractivity contribution is -0.117. The van der Waals surface area contributed by atoms with Gasteiger partial charge in [-0.25, -0.2) is 4.79 Å². The summed E-state index contributed by atoms with van der Waals surface area (Å²) >= 11 is 0. The minimum Gasteiger partial charge on any atom is -0.478 e. The highest BCUT2D eigenvalue weighted by molar-refractivity contribution is 5.87. The minimum absolute atomic E-state index is 0.0203. The molecule has 0 unspecified atom stereocenters. The molecule has 0 saturated carbocycles. The van der Waals surface area contributed by atoms with Crippen molar-refractivity contribution in [1.29, 1.82) is 0 Å². The first-order valence-corrected chi connectivity index (χ1v) is 6.84. The van der Waals surface area contributed by atoms with Gasteiger partial charge in [0.1, 0.15) is 5.78 Å². The fourth-order valence-electron chi connectivity index (χ4n) is 1.83. The Morgan fingerprint density at radius 2 is 1.95 bits per heavy atom. The summed E-state index contributed by atoms with van der Waals surface area (Å²) < 4.78 is 0. The molecule has 0 aliphatic carbocycles. The van der Waals surface area contributed by atoms with Gasteiger partial charge in [0.15, 0.2) is 0 Å². The number of hydrogen-bond acceptors (Lipinski definition) is 4. The summed E-state index contributed by atoms with van der Waals surface area (Å²) in [6, 6.07) is 6.87. The van der Waals surface area contributed by atoms with Crippen LogP contribution < -0.4 is 0 Å². The molecule has 2 aromatic rings. The number of carbonyl (C=O) groups excluding carboxylic acids is 1. The molecule has 22 heavy (non-hydrogen) atoms. The van der Waals surface area contributed by atoms with E-state index in [9.17, 15) is 9.59 Å². The van der Waals surface area contributed by atoms with Crippen LogP contribution in [0.3, 0.4) is 0 Å². The first kappa shape index (κ1) is 15.6. The summed E-state index contributed by atoms with van der Waals surface area (Å²) in [5, 5.41) is 8.78. The lowest BCUT2D eigenvalue weighted by Crippen LogP contribution is -2.04. The van der Waals surface area contributed by atoms with E-state index >= 15 is 0 Å².